The van der Waals surface area contributed by atoms with Crippen LogP contribution in [0.4, 0.5) is 35.9 Å². The van der Waals surface area contributed by atoms with Gasteiger partial charge in [0.15, 0.2) is 0 Å². The van der Waals surface area contributed by atoms with Gasteiger partial charge in [0.2, 0.25) is 0 Å². The van der Waals surface area contributed by atoms with Gasteiger partial charge < -0.3 is 19.1 Å². The van der Waals surface area contributed by atoms with Crippen molar-refractivity contribution >= 4 is 44.6 Å². The van der Waals surface area contributed by atoms with Gasteiger partial charge in [0.1, 0.15) is 23.3 Å². The van der Waals surface area contributed by atoms with Crippen LogP contribution in [0.5, 0.6) is 11.5 Å². The number of halogens is 3. The normalized spacial score (nSPS) is 12.6. The van der Waals surface area contributed by atoms with Crippen molar-refractivity contribution in [1.29, 1.82) is 0 Å². The fourth-order valence-corrected chi connectivity index (χ4v) is 12.3. The maximum atomic E-state index is 16.9. The molecule has 9 heteroatoms. The number of fused-ring (bicyclic) bond motifs is 4. The summed E-state index contributed by atoms with van der Waals surface area (Å²) in [5, 5.41) is 2.07. The summed E-state index contributed by atoms with van der Waals surface area (Å²) in [6.45, 7) is 23.6. The molecule has 0 aliphatic carbocycles. The first-order valence-corrected chi connectivity index (χ1v) is 30.2. The first kappa shape index (κ1) is 60.3. The van der Waals surface area contributed by atoms with Crippen LogP contribution in [0.25, 0.3) is 83.3 Å². The van der Waals surface area contributed by atoms with Crippen molar-refractivity contribution in [2.75, 3.05) is 9.80 Å². The van der Waals surface area contributed by atoms with Crippen LogP contribution in [-0.2, 0) is 31.9 Å². The van der Waals surface area contributed by atoms with E-state index in [4.69, 9.17) is 9.72 Å². The quantitative estimate of drug-likeness (QED) is 0.114. The minimum absolute atomic E-state index is 0. The number of pyridine rings is 1. The standard InChI is InChI=1S/C80H68F3N4O.Pt/c1-49(2)53-36-54(50(3)4)38-55(37-53)67-41-58(80(8,9)10)42-68(77-69(82)44-59(81)45-70(77)83)78(67)86-48-85(72-30-19-20-31-73(72)86)60-39-56(76-63(51-22-13-11-14-23-51)27-21-28-64(76)52-24-15-12-16-25-52)40-62(46-60)88-61-32-33-66-65-26-17-18-29-71(65)87(74(66)47-61)75-43-57(34-35-84-75)79(5,6)7;/h11-45,48-50H,1-10H3;/q-3;. The largest absolute Gasteiger partial charge is 0.509 e. The Kier molecular flexibility index (Phi) is 16.2. The number of benzene rings is 10. The molecule has 0 fully saturated rings. The number of ether oxygens (including phenoxy) is 1. The van der Waals surface area contributed by atoms with Gasteiger partial charge in [-0.25, -0.2) is 18.2 Å². The Hall–Kier alpha value is -8.97. The van der Waals surface area contributed by atoms with Crippen LogP contribution < -0.4 is 14.5 Å². The predicted molar refractivity (Wildman–Crippen MR) is 357 cm³/mol. The van der Waals surface area contributed by atoms with Gasteiger partial charge in [-0.3, -0.25) is 0 Å². The third kappa shape index (κ3) is 11.5. The summed E-state index contributed by atoms with van der Waals surface area (Å²) in [5.41, 5.74) is 15.7. The SMILES string of the molecule is CC(C)c1cc(-c2cc(C(C)(C)C)cc(-c3c(F)cc(F)cc3F)c2N2[CH-]N(c3[c-]c(Oc4[c-]c5c(cc4)c4ccccc4n5-c4cc(C(C)(C)C)ccn4)cc(-c4c(-c5ccccc5)cccc4-c4ccccc4)c3)c3ccccc32)cc(C(C)C)c1.[Pt]. The van der Waals surface area contributed by atoms with E-state index in [0.717, 1.165) is 118 Å². The minimum Gasteiger partial charge on any atom is -0.509 e. The number of rotatable bonds is 12. The molecular weight excluding hydrogens is 1280 g/mol. The van der Waals surface area contributed by atoms with Crippen LogP contribution in [0.1, 0.15) is 103 Å². The van der Waals surface area contributed by atoms with E-state index in [1.807, 2.05) is 72.4 Å². The molecule has 448 valence electrons. The molecule has 89 heavy (non-hydrogen) atoms. The van der Waals surface area contributed by atoms with E-state index in [-0.39, 0.29) is 49.4 Å². The molecule has 0 unspecified atom stereocenters. The zero-order chi connectivity index (χ0) is 61.3. The molecule has 5 nitrogen and oxygen atoms in total. The van der Waals surface area contributed by atoms with Crippen LogP contribution in [-0.4, -0.2) is 9.55 Å². The van der Waals surface area contributed by atoms with E-state index in [2.05, 4.69) is 230 Å². The Morgan fingerprint density at radius 3 is 1.67 bits per heavy atom. The van der Waals surface area contributed by atoms with Gasteiger partial charge in [-0.2, -0.15) is 6.07 Å². The molecule has 0 saturated carbocycles. The van der Waals surface area contributed by atoms with Crippen LogP contribution in [0, 0.1) is 36.3 Å². The zero-order valence-electron chi connectivity index (χ0n) is 51.6. The van der Waals surface area contributed by atoms with Gasteiger partial charge in [0.25, 0.3) is 0 Å². The first-order valence-electron chi connectivity index (χ1n) is 30.2. The van der Waals surface area contributed by atoms with E-state index < -0.39 is 22.9 Å². The van der Waals surface area contributed by atoms with Crippen molar-refractivity contribution in [2.24, 2.45) is 0 Å². The van der Waals surface area contributed by atoms with Crippen molar-refractivity contribution < 1.29 is 39.0 Å². The molecule has 0 radical (unpaired) electrons. The average molecular weight is 1350 g/mol. The topological polar surface area (TPSA) is 33.5 Å². The maximum absolute atomic E-state index is 16.9. The molecule has 0 saturated heterocycles. The Bertz CT molecular complexity index is 4550. The molecule has 3 heterocycles. The molecule has 0 atom stereocenters. The van der Waals surface area contributed by atoms with Crippen LogP contribution in [0.3, 0.4) is 0 Å². The number of hydrogen-bond acceptors (Lipinski definition) is 4. The second-order valence-corrected chi connectivity index (χ2v) is 25.7. The Morgan fingerprint density at radius 1 is 0.472 bits per heavy atom. The fraction of sp³-hybridized carbons (Fsp3) is 0.175. The summed E-state index contributed by atoms with van der Waals surface area (Å²) in [5.74, 6) is -0.987. The smallest absolute Gasteiger partial charge is 0.136 e. The van der Waals surface area contributed by atoms with Crippen molar-refractivity contribution in [3.05, 3.63) is 271 Å². The minimum atomic E-state index is -1.00. The molecule has 13 rings (SSSR count). The molecular formula is C80H68F3N4OPt-3. The third-order valence-corrected chi connectivity index (χ3v) is 17.0. The van der Waals surface area contributed by atoms with Gasteiger partial charge in [0.05, 0.1) is 5.56 Å². The monoisotopic (exact) mass is 1350 g/mol. The Balaban J connectivity index is 0.00000769. The fourth-order valence-electron chi connectivity index (χ4n) is 12.3. The number of hydrogen-bond donors (Lipinski definition) is 0. The Labute approximate surface area is 535 Å². The van der Waals surface area contributed by atoms with Gasteiger partial charge in [-0.05, 0) is 126 Å². The summed E-state index contributed by atoms with van der Waals surface area (Å²) < 4.78 is 58.3. The molecule has 0 amide bonds. The molecule has 2 aromatic heterocycles. The number of aromatic nitrogens is 2. The number of para-hydroxylation sites is 3. The summed E-state index contributed by atoms with van der Waals surface area (Å²) in [6.07, 6.45) is 1.87. The van der Waals surface area contributed by atoms with E-state index in [1.54, 1.807) is 0 Å². The van der Waals surface area contributed by atoms with Gasteiger partial charge in [-0.15, -0.1) is 53.6 Å². The third-order valence-electron chi connectivity index (χ3n) is 17.0. The van der Waals surface area contributed by atoms with Crippen molar-refractivity contribution in [3.8, 4) is 73.0 Å². The molecule has 12 aromatic rings. The van der Waals surface area contributed by atoms with Crippen LogP contribution in [0.15, 0.2) is 212 Å². The molecule has 1 aliphatic heterocycles. The van der Waals surface area contributed by atoms with Crippen molar-refractivity contribution in [1.82, 2.24) is 9.55 Å². The van der Waals surface area contributed by atoms with Crippen molar-refractivity contribution in [3.63, 3.8) is 0 Å². The zero-order valence-corrected chi connectivity index (χ0v) is 53.9. The summed E-state index contributed by atoms with van der Waals surface area (Å²) in [4.78, 5) is 9.05. The molecule has 10 aromatic carbocycles. The summed E-state index contributed by atoms with van der Waals surface area (Å²) >= 11 is 0. The van der Waals surface area contributed by atoms with E-state index >= 15 is 13.2 Å². The van der Waals surface area contributed by atoms with Gasteiger partial charge in [0, 0.05) is 84.6 Å². The van der Waals surface area contributed by atoms with E-state index in [0.29, 0.717) is 22.9 Å². The van der Waals surface area contributed by atoms with E-state index in [9.17, 15) is 0 Å². The summed E-state index contributed by atoms with van der Waals surface area (Å²) in [7, 11) is 0. The summed E-state index contributed by atoms with van der Waals surface area (Å²) in [6, 6.07) is 75.8. The first-order chi connectivity index (χ1) is 42.3. The molecule has 0 bridgehead atoms. The average Bonchev–Trinajstić information content (AvgIpc) is 1.72. The second-order valence-electron chi connectivity index (χ2n) is 25.7. The number of nitrogens with zero attached hydrogens (tertiary/aromatic N) is 4. The predicted octanol–water partition coefficient (Wildman–Crippen LogP) is 22.6. The van der Waals surface area contributed by atoms with Gasteiger partial charge >= 0.3 is 0 Å². The van der Waals surface area contributed by atoms with Crippen LogP contribution in [0.2, 0.25) is 0 Å². The molecule has 0 N–H and O–H groups in total. The van der Waals surface area contributed by atoms with Gasteiger partial charge in [-0.1, -0.05) is 202 Å². The van der Waals surface area contributed by atoms with Crippen molar-refractivity contribution in [2.45, 2.75) is 91.9 Å². The van der Waals surface area contributed by atoms with E-state index in [1.165, 1.54) is 0 Å². The Morgan fingerprint density at radius 2 is 1.06 bits per heavy atom. The second kappa shape index (κ2) is 23.9. The number of anilines is 4. The maximum Gasteiger partial charge on any atom is 0.136 e. The molecule has 1 aliphatic rings. The molecule has 0 spiro atoms. The van der Waals surface area contributed by atoms with Crippen LogP contribution >= 0.6 is 0 Å².